The monoisotopic (exact) mass is 465 g/mol. The van der Waals surface area contributed by atoms with Crippen LogP contribution >= 0.6 is 11.8 Å². The fourth-order valence-corrected chi connectivity index (χ4v) is 4.65. The van der Waals surface area contributed by atoms with E-state index in [-0.39, 0.29) is 5.91 Å². The first kappa shape index (κ1) is 21.7. The molecule has 1 saturated heterocycles. The molecule has 1 amide bonds. The molecule has 0 saturated carbocycles. The Hall–Kier alpha value is -3.11. The number of carbonyl (C=O) groups is 1. The summed E-state index contributed by atoms with van der Waals surface area (Å²) in [4.78, 5) is 24.3. The highest BCUT2D eigenvalue weighted by Crippen LogP contribution is 2.27. The van der Waals surface area contributed by atoms with Crippen molar-refractivity contribution in [2.45, 2.75) is 18.1 Å². The first-order chi connectivity index (χ1) is 16.1. The maximum atomic E-state index is 12.6. The molecule has 0 spiro atoms. The average Bonchev–Trinajstić information content (AvgIpc) is 3.40. The van der Waals surface area contributed by atoms with Crippen molar-refractivity contribution in [3.05, 3.63) is 42.2 Å². The zero-order chi connectivity index (χ0) is 22.8. The first-order valence-electron chi connectivity index (χ1n) is 11.0. The second-order valence-corrected chi connectivity index (χ2v) is 8.82. The quantitative estimate of drug-likeness (QED) is 0.331. The number of aryl methyl sites for hydroxylation is 1. The van der Waals surface area contributed by atoms with Gasteiger partial charge >= 0.3 is 0 Å². The zero-order valence-corrected chi connectivity index (χ0v) is 19.6. The molecule has 1 aliphatic rings. The van der Waals surface area contributed by atoms with E-state index in [0.717, 1.165) is 46.4 Å². The van der Waals surface area contributed by atoms with Gasteiger partial charge in [0.1, 0.15) is 5.82 Å². The van der Waals surface area contributed by atoms with Gasteiger partial charge in [-0.15, -0.1) is 0 Å². The number of aromatic nitrogens is 5. The van der Waals surface area contributed by atoms with Gasteiger partial charge in [-0.05, 0) is 17.9 Å². The van der Waals surface area contributed by atoms with Crippen LogP contribution in [0.1, 0.15) is 5.56 Å². The minimum absolute atomic E-state index is 0.00347. The molecule has 1 N–H and O–H groups in total. The van der Waals surface area contributed by atoms with Crippen LogP contribution in [0, 0.1) is 0 Å². The molecule has 4 heterocycles. The lowest BCUT2D eigenvalue weighted by molar-refractivity contribution is -0.120. The summed E-state index contributed by atoms with van der Waals surface area (Å²) in [5.74, 6) is 0.898. The van der Waals surface area contributed by atoms with Crippen molar-refractivity contribution in [2.75, 3.05) is 44.0 Å². The highest BCUT2D eigenvalue weighted by atomic mass is 32.2. The Kier molecular flexibility index (Phi) is 6.19. The number of nitrogens with one attached hydrogen (secondary N) is 1. The molecule has 3 aromatic heterocycles. The Morgan fingerprint density at radius 1 is 1.18 bits per heavy atom. The van der Waals surface area contributed by atoms with Crippen LogP contribution in [-0.4, -0.2) is 69.3 Å². The fraction of sp³-hybridized carbons (Fsp3) is 0.391. The summed E-state index contributed by atoms with van der Waals surface area (Å²) in [6.07, 6.45) is 6.17. The number of morpholine rings is 1. The van der Waals surface area contributed by atoms with E-state index in [2.05, 4.69) is 32.0 Å². The summed E-state index contributed by atoms with van der Waals surface area (Å²) in [6.45, 7) is 4.00. The third kappa shape index (κ3) is 4.40. The van der Waals surface area contributed by atoms with Gasteiger partial charge in [-0.25, -0.2) is 14.6 Å². The van der Waals surface area contributed by atoms with Crippen molar-refractivity contribution in [1.29, 1.82) is 0 Å². The largest absolute Gasteiger partial charge is 0.378 e. The second-order valence-electron chi connectivity index (χ2n) is 8.05. The Morgan fingerprint density at radius 2 is 2.00 bits per heavy atom. The molecule has 172 valence electrons. The summed E-state index contributed by atoms with van der Waals surface area (Å²) < 4.78 is 9.39. The van der Waals surface area contributed by atoms with Gasteiger partial charge in [0.25, 0.3) is 0 Å². The van der Waals surface area contributed by atoms with Gasteiger partial charge in [-0.2, -0.15) is 5.10 Å². The molecule has 33 heavy (non-hydrogen) atoms. The maximum absolute atomic E-state index is 12.6. The van der Waals surface area contributed by atoms with E-state index in [9.17, 15) is 4.79 Å². The predicted octanol–water partition coefficient (Wildman–Crippen LogP) is 2.24. The number of hydrogen-bond acceptors (Lipinski definition) is 7. The van der Waals surface area contributed by atoms with Crippen molar-refractivity contribution >= 4 is 45.4 Å². The first-order valence-corrected chi connectivity index (χ1v) is 12.3. The van der Waals surface area contributed by atoms with Crippen LogP contribution in [0.5, 0.6) is 0 Å². The molecule has 1 aliphatic heterocycles. The number of para-hydroxylation sites is 1. The number of amides is 1. The van der Waals surface area contributed by atoms with Crippen LogP contribution in [0.2, 0.25) is 0 Å². The summed E-state index contributed by atoms with van der Waals surface area (Å²) in [5.41, 5.74) is 2.95. The molecule has 0 radical (unpaired) electrons. The van der Waals surface area contributed by atoms with Gasteiger partial charge in [0, 0.05) is 43.8 Å². The fourth-order valence-electron chi connectivity index (χ4n) is 4.30. The predicted molar refractivity (Wildman–Crippen MR) is 130 cm³/mol. The molecule has 5 rings (SSSR count). The number of ether oxygens (including phenoxy) is 1. The Morgan fingerprint density at radius 3 is 2.82 bits per heavy atom. The van der Waals surface area contributed by atoms with Crippen LogP contribution in [0.4, 0.5) is 5.82 Å². The Labute approximate surface area is 196 Å². The highest BCUT2D eigenvalue weighted by molar-refractivity contribution is 7.98. The van der Waals surface area contributed by atoms with E-state index >= 15 is 0 Å². The topological polar surface area (TPSA) is 90.1 Å². The van der Waals surface area contributed by atoms with Crippen LogP contribution < -0.4 is 10.2 Å². The van der Waals surface area contributed by atoms with Crippen LogP contribution in [0.3, 0.4) is 0 Å². The van der Waals surface area contributed by atoms with Gasteiger partial charge in [0.05, 0.1) is 37.8 Å². The molecule has 4 aromatic rings. The molecule has 1 fully saturated rings. The molecule has 1 aromatic carbocycles. The third-order valence-corrected chi connectivity index (χ3v) is 6.47. The van der Waals surface area contributed by atoms with E-state index in [1.165, 1.54) is 11.8 Å². The summed E-state index contributed by atoms with van der Waals surface area (Å²) in [6, 6.07) is 8.14. The number of hydrogen-bond donors (Lipinski definition) is 1. The van der Waals surface area contributed by atoms with Crippen LogP contribution in [0.15, 0.2) is 41.8 Å². The molecule has 0 aliphatic carbocycles. The van der Waals surface area contributed by atoms with Crippen molar-refractivity contribution in [2.24, 2.45) is 7.05 Å². The summed E-state index contributed by atoms with van der Waals surface area (Å²) >= 11 is 1.51. The smallest absolute Gasteiger partial charge is 0.224 e. The van der Waals surface area contributed by atoms with E-state index in [0.29, 0.717) is 37.9 Å². The molecule has 0 unspecified atom stereocenters. The lowest BCUT2D eigenvalue weighted by Gasteiger charge is -2.28. The van der Waals surface area contributed by atoms with E-state index in [4.69, 9.17) is 14.7 Å². The zero-order valence-electron chi connectivity index (χ0n) is 18.8. The molecular formula is C23H27N7O2S. The third-order valence-electron chi connectivity index (χ3n) is 5.93. The number of fused-ring (bicyclic) bond motifs is 2. The van der Waals surface area contributed by atoms with E-state index in [1.807, 2.05) is 42.5 Å². The molecule has 10 heteroatoms. The number of benzene rings is 1. The number of nitrogens with zero attached hydrogens (tertiary/aromatic N) is 6. The van der Waals surface area contributed by atoms with Crippen LogP contribution in [-0.2, 0) is 29.5 Å². The van der Waals surface area contributed by atoms with E-state index < -0.39 is 0 Å². The lowest BCUT2D eigenvalue weighted by Crippen LogP contribution is -2.37. The lowest BCUT2D eigenvalue weighted by atomic mass is 10.1. The Bertz CT molecular complexity index is 1290. The van der Waals surface area contributed by atoms with Crippen LogP contribution in [0.25, 0.3) is 21.9 Å². The standard InChI is InChI=1S/C23H27N7O2S/c1-28-15-16(17-5-3-4-6-19(17)28)13-20(31)24-7-8-30-22-18(14-25-30)21(26-23(27-22)33-2)29-9-11-32-12-10-29/h3-6,14-15H,7-13H2,1-2H3,(H,24,31). The van der Waals surface area contributed by atoms with Gasteiger partial charge in [-0.1, -0.05) is 30.0 Å². The number of carbonyl (C=O) groups excluding carboxylic acids is 1. The number of anilines is 1. The Balaban J connectivity index is 1.28. The van der Waals surface area contributed by atoms with E-state index in [1.54, 1.807) is 0 Å². The van der Waals surface area contributed by atoms with Crippen molar-refractivity contribution < 1.29 is 9.53 Å². The number of rotatable bonds is 7. The second kappa shape index (κ2) is 9.40. The van der Waals surface area contributed by atoms with Crippen molar-refractivity contribution in [1.82, 2.24) is 29.6 Å². The van der Waals surface area contributed by atoms with Gasteiger partial charge in [0.2, 0.25) is 5.91 Å². The molecule has 9 nitrogen and oxygen atoms in total. The highest BCUT2D eigenvalue weighted by Gasteiger charge is 2.20. The van der Waals surface area contributed by atoms with Gasteiger partial charge in [0.15, 0.2) is 10.8 Å². The normalized spacial score (nSPS) is 14.3. The van der Waals surface area contributed by atoms with Gasteiger partial charge in [-0.3, -0.25) is 4.79 Å². The SMILES string of the molecule is CSc1nc(N2CCOCC2)c2cnn(CCNC(=O)Cc3cn(C)c4ccccc34)c2n1. The molecule has 0 atom stereocenters. The number of thioether (sulfide) groups is 1. The summed E-state index contributed by atoms with van der Waals surface area (Å²) in [7, 11) is 2.00. The van der Waals surface area contributed by atoms with Crippen molar-refractivity contribution in [3.8, 4) is 0 Å². The minimum atomic E-state index is -0.00347. The molecular weight excluding hydrogens is 438 g/mol. The van der Waals surface area contributed by atoms with Gasteiger partial charge < -0.3 is 19.5 Å². The maximum Gasteiger partial charge on any atom is 0.224 e. The minimum Gasteiger partial charge on any atom is -0.378 e. The van der Waals surface area contributed by atoms with Crippen molar-refractivity contribution in [3.63, 3.8) is 0 Å². The molecule has 0 bridgehead atoms. The average molecular weight is 466 g/mol. The summed E-state index contributed by atoms with van der Waals surface area (Å²) in [5, 5.41) is 10.3.